The second-order valence-corrected chi connectivity index (χ2v) is 6.71. The predicted molar refractivity (Wildman–Crippen MR) is 82.0 cm³/mol. The Morgan fingerprint density at radius 2 is 1.62 bits per heavy atom. The smallest absolute Gasteiger partial charge is 0.237 e. The van der Waals surface area contributed by atoms with Crippen LogP contribution in [-0.2, 0) is 14.3 Å². The topological polar surface area (TPSA) is 42.0 Å². The number of likely N-dealkylation sites (tertiary alicyclic amines) is 1. The Bertz CT molecular complexity index is 324. The molecule has 0 aromatic carbocycles. The van der Waals surface area contributed by atoms with Gasteiger partial charge >= 0.3 is 0 Å². The molecule has 0 unspecified atom stereocenters. The van der Waals surface area contributed by atoms with Crippen molar-refractivity contribution in [2.45, 2.75) is 58.9 Å². The molecule has 0 N–H and O–H groups in total. The van der Waals surface area contributed by atoms with Gasteiger partial charge in [0.1, 0.15) is 0 Å². The molecule has 2 saturated heterocycles. The first-order valence-electron chi connectivity index (χ1n) is 8.25. The number of nitrogens with zero attached hydrogens (tertiary/aromatic N) is 2. The molecule has 21 heavy (non-hydrogen) atoms. The average molecular weight is 298 g/mol. The lowest BCUT2D eigenvalue weighted by atomic mass is 9.96. The summed E-state index contributed by atoms with van der Waals surface area (Å²) in [7, 11) is 0. The van der Waals surface area contributed by atoms with E-state index in [9.17, 15) is 4.79 Å². The van der Waals surface area contributed by atoms with Crippen LogP contribution in [0.3, 0.4) is 0 Å². The average Bonchev–Trinajstić information content (AvgIpc) is 2.92. The van der Waals surface area contributed by atoms with Crippen LogP contribution >= 0.6 is 0 Å². The number of carbonyl (C=O) groups is 1. The van der Waals surface area contributed by atoms with Crippen LogP contribution in [0, 0.1) is 5.92 Å². The summed E-state index contributed by atoms with van der Waals surface area (Å²) < 4.78 is 11.2. The number of hydrogen-bond acceptors (Lipinski definition) is 4. The van der Waals surface area contributed by atoms with E-state index in [-0.39, 0.29) is 24.3 Å². The highest BCUT2D eigenvalue weighted by molar-refractivity contribution is 5.78. The molecule has 2 heterocycles. The number of amides is 1. The van der Waals surface area contributed by atoms with E-state index in [1.54, 1.807) is 0 Å². The normalized spacial score (nSPS) is 22.4. The minimum absolute atomic E-state index is 0.00863. The Balaban J connectivity index is 1.78. The van der Waals surface area contributed by atoms with E-state index in [0.29, 0.717) is 12.5 Å². The molecule has 5 nitrogen and oxygen atoms in total. The number of rotatable bonds is 5. The van der Waals surface area contributed by atoms with Gasteiger partial charge in [-0.25, -0.2) is 0 Å². The molecule has 0 atom stereocenters. The lowest BCUT2D eigenvalue weighted by Gasteiger charge is -2.36. The van der Waals surface area contributed by atoms with E-state index in [1.807, 2.05) is 4.90 Å². The summed E-state index contributed by atoms with van der Waals surface area (Å²) in [5, 5.41) is 0. The van der Waals surface area contributed by atoms with Crippen molar-refractivity contribution in [2.24, 2.45) is 5.92 Å². The fourth-order valence-electron chi connectivity index (χ4n) is 3.48. The van der Waals surface area contributed by atoms with E-state index < -0.39 is 0 Å². The van der Waals surface area contributed by atoms with Crippen LogP contribution in [0.15, 0.2) is 0 Å². The first-order valence-corrected chi connectivity index (χ1v) is 8.25. The third-order valence-electron chi connectivity index (χ3n) is 4.42. The second kappa shape index (κ2) is 7.56. The second-order valence-electron chi connectivity index (χ2n) is 6.71. The van der Waals surface area contributed by atoms with Crippen LogP contribution in [0.4, 0.5) is 0 Å². The summed E-state index contributed by atoms with van der Waals surface area (Å²) in [5.41, 5.74) is 0. The van der Waals surface area contributed by atoms with Crippen LogP contribution in [0.25, 0.3) is 0 Å². The Morgan fingerprint density at radius 3 is 2.10 bits per heavy atom. The van der Waals surface area contributed by atoms with Crippen molar-refractivity contribution in [1.82, 2.24) is 9.80 Å². The molecule has 0 bridgehead atoms. The SMILES string of the molecule is CC(C)N(C(=O)CN1CCC(C2OCCO2)CC1)C(C)C. The minimum atomic E-state index is -0.00863. The molecule has 2 fully saturated rings. The summed E-state index contributed by atoms with van der Waals surface area (Å²) in [6.07, 6.45) is 2.11. The maximum absolute atomic E-state index is 12.5. The fraction of sp³-hybridized carbons (Fsp3) is 0.938. The molecule has 2 aliphatic heterocycles. The highest BCUT2D eigenvalue weighted by atomic mass is 16.7. The quantitative estimate of drug-likeness (QED) is 0.775. The Morgan fingerprint density at radius 1 is 1.10 bits per heavy atom. The van der Waals surface area contributed by atoms with Crippen molar-refractivity contribution < 1.29 is 14.3 Å². The van der Waals surface area contributed by atoms with Gasteiger partial charge in [0.05, 0.1) is 19.8 Å². The van der Waals surface area contributed by atoms with Gasteiger partial charge in [-0.15, -0.1) is 0 Å². The van der Waals surface area contributed by atoms with Crippen LogP contribution in [0.2, 0.25) is 0 Å². The lowest BCUT2D eigenvalue weighted by Crippen LogP contribution is -2.49. The van der Waals surface area contributed by atoms with Crippen LogP contribution in [0.5, 0.6) is 0 Å². The summed E-state index contributed by atoms with van der Waals surface area (Å²) in [5.74, 6) is 0.733. The molecule has 0 radical (unpaired) electrons. The summed E-state index contributed by atoms with van der Waals surface area (Å²) in [6.45, 7) is 12.2. The van der Waals surface area contributed by atoms with Gasteiger partial charge in [-0.05, 0) is 53.6 Å². The Labute approximate surface area is 128 Å². The van der Waals surface area contributed by atoms with Crippen molar-refractivity contribution in [3.63, 3.8) is 0 Å². The van der Waals surface area contributed by atoms with Crippen LogP contribution in [0.1, 0.15) is 40.5 Å². The van der Waals surface area contributed by atoms with Crippen molar-refractivity contribution in [3.05, 3.63) is 0 Å². The van der Waals surface area contributed by atoms with Gasteiger partial charge in [-0.1, -0.05) is 0 Å². The number of piperidine rings is 1. The largest absolute Gasteiger partial charge is 0.350 e. The standard InChI is InChI=1S/C16H30N2O3/c1-12(2)18(13(3)4)15(19)11-17-7-5-14(6-8-17)16-20-9-10-21-16/h12-14,16H,5-11H2,1-4H3. The predicted octanol–water partition coefficient (Wildman–Crippen LogP) is 1.72. The maximum atomic E-state index is 12.5. The zero-order chi connectivity index (χ0) is 15.4. The number of carbonyl (C=O) groups excluding carboxylic acids is 1. The molecule has 0 aromatic rings. The summed E-state index contributed by atoms with van der Waals surface area (Å²) in [4.78, 5) is 16.7. The minimum Gasteiger partial charge on any atom is -0.350 e. The van der Waals surface area contributed by atoms with Crippen molar-refractivity contribution in [3.8, 4) is 0 Å². The van der Waals surface area contributed by atoms with E-state index in [2.05, 4.69) is 32.6 Å². The Kier molecular flexibility index (Phi) is 6.02. The highest BCUT2D eigenvalue weighted by Gasteiger charge is 2.31. The van der Waals surface area contributed by atoms with Crippen molar-refractivity contribution in [2.75, 3.05) is 32.8 Å². The van der Waals surface area contributed by atoms with Crippen molar-refractivity contribution in [1.29, 1.82) is 0 Å². The van der Waals surface area contributed by atoms with E-state index >= 15 is 0 Å². The van der Waals surface area contributed by atoms with E-state index in [0.717, 1.165) is 39.1 Å². The number of hydrogen-bond donors (Lipinski definition) is 0. The molecule has 0 saturated carbocycles. The first kappa shape index (κ1) is 16.7. The molecule has 0 spiro atoms. The summed E-state index contributed by atoms with van der Waals surface area (Å²) in [6, 6.07) is 0.519. The molecule has 0 aliphatic carbocycles. The maximum Gasteiger partial charge on any atom is 0.237 e. The van der Waals surface area contributed by atoms with Gasteiger partial charge < -0.3 is 14.4 Å². The monoisotopic (exact) mass is 298 g/mol. The van der Waals surface area contributed by atoms with Gasteiger partial charge in [-0.3, -0.25) is 9.69 Å². The number of ether oxygens (including phenoxy) is 2. The zero-order valence-electron chi connectivity index (χ0n) is 13.9. The molecule has 0 aromatic heterocycles. The zero-order valence-corrected chi connectivity index (χ0v) is 13.9. The molecule has 5 heteroatoms. The first-order chi connectivity index (χ1) is 9.99. The van der Waals surface area contributed by atoms with Crippen molar-refractivity contribution >= 4 is 5.91 Å². The summed E-state index contributed by atoms with van der Waals surface area (Å²) >= 11 is 0. The Hall–Kier alpha value is -0.650. The van der Waals surface area contributed by atoms with Gasteiger partial charge in [0.15, 0.2) is 6.29 Å². The molecule has 1 amide bonds. The lowest BCUT2D eigenvalue weighted by molar-refractivity contribution is -0.137. The van der Waals surface area contributed by atoms with Gasteiger partial charge in [0, 0.05) is 18.0 Å². The molecular weight excluding hydrogens is 268 g/mol. The van der Waals surface area contributed by atoms with Gasteiger partial charge in [0.2, 0.25) is 5.91 Å². The third kappa shape index (κ3) is 4.41. The van der Waals surface area contributed by atoms with E-state index in [4.69, 9.17) is 9.47 Å². The molecule has 2 rings (SSSR count). The molecular formula is C16H30N2O3. The van der Waals surface area contributed by atoms with Crippen LogP contribution < -0.4 is 0 Å². The fourth-order valence-corrected chi connectivity index (χ4v) is 3.48. The molecule has 2 aliphatic rings. The highest BCUT2D eigenvalue weighted by Crippen LogP contribution is 2.25. The van der Waals surface area contributed by atoms with Crippen LogP contribution in [-0.4, -0.2) is 66.9 Å². The van der Waals surface area contributed by atoms with Gasteiger partial charge in [-0.2, -0.15) is 0 Å². The molecule has 122 valence electrons. The van der Waals surface area contributed by atoms with Gasteiger partial charge in [0.25, 0.3) is 0 Å². The third-order valence-corrected chi connectivity index (χ3v) is 4.42. The van der Waals surface area contributed by atoms with E-state index in [1.165, 1.54) is 0 Å².